The molecule has 1 amide bonds. The first-order chi connectivity index (χ1) is 13.6. The van der Waals surface area contributed by atoms with Gasteiger partial charge in [-0.1, -0.05) is 5.16 Å². The molecular formula is C19H15N3O6. The molecule has 1 aliphatic heterocycles. The number of carbonyl (C=O) groups excluding carboxylic acids is 2. The molecule has 0 aliphatic carbocycles. The number of ether oxygens (including phenoxy) is 3. The van der Waals surface area contributed by atoms with Crippen molar-refractivity contribution in [2.45, 2.75) is 13.5 Å². The predicted molar refractivity (Wildman–Crippen MR) is 95.7 cm³/mol. The number of rotatable bonds is 5. The molecule has 0 atom stereocenters. The van der Waals surface area contributed by atoms with Gasteiger partial charge in [-0.2, -0.15) is 4.98 Å². The minimum Gasteiger partial charge on any atom is -0.454 e. The van der Waals surface area contributed by atoms with Crippen molar-refractivity contribution in [2.24, 2.45) is 0 Å². The maximum atomic E-state index is 12.1. The van der Waals surface area contributed by atoms with Gasteiger partial charge >= 0.3 is 5.97 Å². The van der Waals surface area contributed by atoms with Crippen molar-refractivity contribution in [3.8, 4) is 22.9 Å². The molecule has 0 saturated heterocycles. The zero-order chi connectivity index (χ0) is 19.5. The van der Waals surface area contributed by atoms with E-state index in [1.54, 1.807) is 42.5 Å². The van der Waals surface area contributed by atoms with E-state index < -0.39 is 5.97 Å². The fraction of sp³-hybridized carbons (Fsp3) is 0.158. The first-order valence-corrected chi connectivity index (χ1v) is 8.36. The number of nitrogens with zero attached hydrogens (tertiary/aromatic N) is 2. The standard InChI is InChI=1S/C19H15N3O6/c1-11(23)20-14-5-2-12(3-6-14)19(24)25-9-17-21-18(22-28-17)13-4-7-15-16(8-13)27-10-26-15/h2-8H,9-10H2,1H3,(H,20,23). The molecule has 9 heteroatoms. The molecule has 0 saturated carbocycles. The van der Waals surface area contributed by atoms with Crippen LogP contribution in [0.4, 0.5) is 5.69 Å². The van der Waals surface area contributed by atoms with Crippen LogP contribution in [0, 0.1) is 0 Å². The highest BCUT2D eigenvalue weighted by Gasteiger charge is 2.17. The molecule has 2 heterocycles. The molecule has 3 aromatic rings. The zero-order valence-corrected chi connectivity index (χ0v) is 14.8. The Labute approximate surface area is 159 Å². The second-order valence-corrected chi connectivity index (χ2v) is 5.91. The highest BCUT2D eigenvalue weighted by atomic mass is 16.7. The fourth-order valence-electron chi connectivity index (χ4n) is 2.57. The van der Waals surface area contributed by atoms with Gasteiger partial charge in [0, 0.05) is 18.2 Å². The molecule has 2 aromatic carbocycles. The van der Waals surface area contributed by atoms with Crippen LogP contribution >= 0.6 is 0 Å². The smallest absolute Gasteiger partial charge is 0.338 e. The van der Waals surface area contributed by atoms with Crippen molar-refractivity contribution >= 4 is 17.6 Å². The molecule has 9 nitrogen and oxygen atoms in total. The van der Waals surface area contributed by atoms with Crippen molar-refractivity contribution < 1.29 is 28.3 Å². The van der Waals surface area contributed by atoms with Gasteiger partial charge < -0.3 is 24.1 Å². The van der Waals surface area contributed by atoms with E-state index in [2.05, 4.69) is 15.5 Å². The fourth-order valence-corrected chi connectivity index (χ4v) is 2.57. The van der Waals surface area contributed by atoms with E-state index in [9.17, 15) is 9.59 Å². The number of benzene rings is 2. The van der Waals surface area contributed by atoms with Crippen LogP contribution < -0.4 is 14.8 Å². The van der Waals surface area contributed by atoms with E-state index in [-0.39, 0.29) is 25.2 Å². The SMILES string of the molecule is CC(=O)Nc1ccc(C(=O)OCc2nc(-c3ccc4c(c3)OCO4)no2)cc1. The van der Waals surface area contributed by atoms with Crippen molar-refractivity contribution in [3.63, 3.8) is 0 Å². The lowest BCUT2D eigenvalue weighted by Gasteiger charge is -2.04. The number of carbonyl (C=O) groups is 2. The number of nitrogens with one attached hydrogen (secondary N) is 1. The van der Waals surface area contributed by atoms with Crippen molar-refractivity contribution in [1.82, 2.24) is 10.1 Å². The summed E-state index contributed by atoms with van der Waals surface area (Å²) in [5.41, 5.74) is 1.62. The Balaban J connectivity index is 1.38. The number of fused-ring (bicyclic) bond motifs is 1. The number of anilines is 1. The molecule has 1 N–H and O–H groups in total. The van der Waals surface area contributed by atoms with Gasteiger partial charge in [-0.05, 0) is 42.5 Å². The Morgan fingerprint density at radius 1 is 1.11 bits per heavy atom. The minimum atomic E-state index is -0.544. The largest absolute Gasteiger partial charge is 0.454 e. The van der Waals surface area contributed by atoms with Crippen LogP contribution in [-0.4, -0.2) is 28.8 Å². The zero-order valence-electron chi connectivity index (χ0n) is 14.8. The summed E-state index contributed by atoms with van der Waals surface area (Å²) in [5.74, 6) is 1.05. The first kappa shape index (κ1) is 17.5. The quantitative estimate of drug-likeness (QED) is 0.671. The maximum absolute atomic E-state index is 12.1. The van der Waals surface area contributed by atoms with Crippen LogP contribution in [0.25, 0.3) is 11.4 Å². The molecule has 0 fully saturated rings. The normalized spacial score (nSPS) is 11.9. The molecule has 1 aromatic heterocycles. The highest BCUT2D eigenvalue weighted by Crippen LogP contribution is 2.35. The van der Waals surface area contributed by atoms with Crippen LogP contribution in [0.15, 0.2) is 47.0 Å². The van der Waals surface area contributed by atoms with Crippen molar-refractivity contribution in [2.75, 3.05) is 12.1 Å². The molecule has 0 unspecified atom stereocenters. The predicted octanol–water partition coefficient (Wildman–Crippen LogP) is 2.78. The lowest BCUT2D eigenvalue weighted by atomic mass is 10.2. The van der Waals surface area contributed by atoms with Crippen LogP contribution in [0.1, 0.15) is 23.2 Å². The minimum absolute atomic E-state index is 0.163. The number of esters is 1. The number of amides is 1. The average Bonchev–Trinajstić information content (AvgIpc) is 3.35. The van der Waals surface area contributed by atoms with E-state index in [1.165, 1.54) is 6.92 Å². The lowest BCUT2D eigenvalue weighted by Crippen LogP contribution is -2.08. The summed E-state index contributed by atoms with van der Waals surface area (Å²) in [5, 5.41) is 6.51. The molecule has 4 rings (SSSR count). The first-order valence-electron chi connectivity index (χ1n) is 8.36. The Bertz CT molecular complexity index is 1030. The van der Waals surface area contributed by atoms with E-state index in [1.807, 2.05) is 0 Å². The Morgan fingerprint density at radius 2 is 1.89 bits per heavy atom. The van der Waals surface area contributed by atoms with Gasteiger partial charge in [-0.25, -0.2) is 4.79 Å². The topological polar surface area (TPSA) is 113 Å². The number of hydrogen-bond acceptors (Lipinski definition) is 8. The van der Waals surface area contributed by atoms with Gasteiger partial charge in [0.05, 0.1) is 5.56 Å². The summed E-state index contributed by atoms with van der Waals surface area (Å²) >= 11 is 0. The summed E-state index contributed by atoms with van der Waals surface area (Å²) in [4.78, 5) is 27.4. The Kier molecular flexibility index (Phi) is 4.63. The second-order valence-electron chi connectivity index (χ2n) is 5.91. The van der Waals surface area contributed by atoms with Gasteiger partial charge in [0.15, 0.2) is 18.1 Å². The third-order valence-corrected chi connectivity index (χ3v) is 3.87. The van der Waals surface area contributed by atoms with Crippen LogP contribution in [0.3, 0.4) is 0 Å². The molecule has 1 aliphatic rings. The van der Waals surface area contributed by atoms with E-state index in [0.717, 1.165) is 0 Å². The third-order valence-electron chi connectivity index (χ3n) is 3.87. The van der Waals surface area contributed by atoms with Gasteiger partial charge in [-0.3, -0.25) is 4.79 Å². The molecule has 142 valence electrons. The monoisotopic (exact) mass is 381 g/mol. The van der Waals surface area contributed by atoms with Gasteiger partial charge in [-0.15, -0.1) is 0 Å². The van der Waals surface area contributed by atoms with Gasteiger partial charge in [0.2, 0.25) is 18.5 Å². The number of aromatic nitrogens is 2. The van der Waals surface area contributed by atoms with Crippen LogP contribution in [0.2, 0.25) is 0 Å². The molecular weight excluding hydrogens is 366 g/mol. The molecule has 0 spiro atoms. The summed E-state index contributed by atoms with van der Waals surface area (Å²) in [6.45, 7) is 1.42. The van der Waals surface area contributed by atoms with Crippen molar-refractivity contribution in [1.29, 1.82) is 0 Å². The van der Waals surface area contributed by atoms with E-state index >= 15 is 0 Å². The summed E-state index contributed by atoms with van der Waals surface area (Å²) in [6, 6.07) is 11.6. The molecule has 0 radical (unpaired) electrons. The van der Waals surface area contributed by atoms with Crippen LogP contribution in [0.5, 0.6) is 11.5 Å². The van der Waals surface area contributed by atoms with Crippen LogP contribution in [-0.2, 0) is 16.1 Å². The van der Waals surface area contributed by atoms with E-state index in [4.69, 9.17) is 18.7 Å². The van der Waals surface area contributed by atoms with Gasteiger partial charge in [0.25, 0.3) is 5.89 Å². The summed E-state index contributed by atoms with van der Waals surface area (Å²) < 4.78 is 20.9. The molecule has 0 bridgehead atoms. The average molecular weight is 381 g/mol. The van der Waals surface area contributed by atoms with Crippen molar-refractivity contribution in [3.05, 3.63) is 53.9 Å². The molecule has 28 heavy (non-hydrogen) atoms. The summed E-state index contributed by atoms with van der Waals surface area (Å²) in [6.07, 6.45) is 0. The number of hydrogen-bond donors (Lipinski definition) is 1. The maximum Gasteiger partial charge on any atom is 0.338 e. The Hall–Kier alpha value is -3.88. The van der Waals surface area contributed by atoms with Gasteiger partial charge in [0.1, 0.15) is 0 Å². The lowest BCUT2D eigenvalue weighted by molar-refractivity contribution is -0.114. The third kappa shape index (κ3) is 3.78. The Morgan fingerprint density at radius 3 is 2.68 bits per heavy atom. The summed E-state index contributed by atoms with van der Waals surface area (Å²) in [7, 11) is 0. The highest BCUT2D eigenvalue weighted by molar-refractivity contribution is 5.92. The van der Waals surface area contributed by atoms with E-state index in [0.29, 0.717) is 34.1 Å². The second kappa shape index (κ2) is 7.39.